The highest BCUT2D eigenvalue weighted by Crippen LogP contribution is 2.44. The van der Waals surface area contributed by atoms with Crippen LogP contribution in [0.2, 0.25) is 0 Å². The molecule has 0 aliphatic carbocycles. The predicted octanol–water partition coefficient (Wildman–Crippen LogP) is 2.61. The highest BCUT2D eigenvalue weighted by molar-refractivity contribution is 7.74. The number of nitro benzene ring substituents is 1. The van der Waals surface area contributed by atoms with Gasteiger partial charge in [-0.15, -0.1) is 0 Å². The summed E-state index contributed by atoms with van der Waals surface area (Å²) < 4.78 is 24.2. The number of hydrogen-bond acceptors (Lipinski definition) is 8. The summed E-state index contributed by atoms with van der Waals surface area (Å²) in [6, 6.07) is 4.25. The lowest BCUT2D eigenvalue weighted by Crippen LogP contribution is -2.03. The monoisotopic (exact) mass is 341 g/mol. The fraction of sp³-hybridized carbons (Fsp3) is 0. The second-order valence-electron chi connectivity index (χ2n) is 4.09. The average molecular weight is 341 g/mol. The minimum absolute atomic E-state index is 0.143. The molecule has 0 amide bonds. The highest BCUT2D eigenvalue weighted by Gasteiger charge is 2.32. The smallest absolute Gasteiger partial charge is 0.357 e. The fourth-order valence-electron chi connectivity index (χ4n) is 2.05. The zero-order valence-electron chi connectivity index (χ0n) is 11.0. The molecule has 2 aromatic carbocycles. The van der Waals surface area contributed by atoms with E-state index >= 15 is 0 Å². The SMILES string of the molecule is N=[N+]([O-])c1cc(OS(=O)O)c2cccc([N+](=O)[O-])c2c1[N+](=N)[O-]. The molecule has 1 unspecified atom stereocenters. The maximum Gasteiger partial charge on any atom is 0.357 e. The second kappa shape index (κ2) is 5.90. The third-order valence-electron chi connectivity index (χ3n) is 2.83. The van der Waals surface area contributed by atoms with Crippen molar-refractivity contribution in [1.82, 2.24) is 0 Å². The fourth-order valence-corrected chi connectivity index (χ4v) is 2.34. The van der Waals surface area contributed by atoms with Crippen molar-refractivity contribution in [2.24, 2.45) is 0 Å². The molecular weight excluding hydrogens is 334 g/mol. The minimum Gasteiger partial charge on any atom is -0.594 e. The van der Waals surface area contributed by atoms with E-state index in [0.717, 1.165) is 12.1 Å². The Kier molecular flexibility index (Phi) is 4.15. The molecule has 0 saturated heterocycles. The van der Waals surface area contributed by atoms with E-state index in [-0.39, 0.29) is 5.39 Å². The van der Waals surface area contributed by atoms with Crippen molar-refractivity contribution in [2.75, 3.05) is 0 Å². The van der Waals surface area contributed by atoms with Gasteiger partial charge in [0.05, 0.1) is 11.0 Å². The van der Waals surface area contributed by atoms with Gasteiger partial charge >= 0.3 is 22.7 Å². The Labute approximate surface area is 129 Å². The van der Waals surface area contributed by atoms with Gasteiger partial charge < -0.3 is 14.6 Å². The molecule has 0 spiro atoms. The molecule has 0 saturated carbocycles. The van der Waals surface area contributed by atoms with E-state index in [2.05, 4.69) is 4.18 Å². The van der Waals surface area contributed by atoms with E-state index in [4.69, 9.17) is 15.6 Å². The normalized spacial score (nSPS) is 11.9. The first-order valence-electron chi connectivity index (χ1n) is 5.64. The Morgan fingerprint density at radius 1 is 1.13 bits per heavy atom. The molecule has 1 atom stereocenters. The molecule has 2 rings (SSSR count). The molecule has 0 aromatic heterocycles. The van der Waals surface area contributed by atoms with E-state index < -0.39 is 54.2 Å². The average Bonchev–Trinajstić information content (AvgIpc) is 2.44. The lowest BCUT2D eigenvalue weighted by atomic mass is 10.0. The van der Waals surface area contributed by atoms with Crippen LogP contribution in [0.25, 0.3) is 10.8 Å². The lowest BCUT2D eigenvalue weighted by Gasteiger charge is -2.09. The van der Waals surface area contributed by atoms with Crippen LogP contribution in [0.1, 0.15) is 0 Å². The van der Waals surface area contributed by atoms with Gasteiger partial charge in [-0.25, -0.2) is 0 Å². The summed E-state index contributed by atoms with van der Waals surface area (Å²) in [4.78, 5) is 9.17. The number of nitrogens with one attached hydrogen (secondary N) is 2. The quantitative estimate of drug-likeness (QED) is 0.244. The van der Waals surface area contributed by atoms with Crippen LogP contribution < -0.4 is 4.18 Å². The maximum absolute atomic E-state index is 11.5. The number of hydrogen-bond donors (Lipinski definition) is 3. The Morgan fingerprint density at radius 3 is 2.26 bits per heavy atom. The molecule has 0 heterocycles. The van der Waals surface area contributed by atoms with Crippen molar-refractivity contribution in [3.63, 3.8) is 0 Å². The summed E-state index contributed by atoms with van der Waals surface area (Å²) in [5, 5.41) is 33.3. The van der Waals surface area contributed by atoms with Gasteiger partial charge in [-0.3, -0.25) is 14.7 Å². The first-order valence-corrected chi connectivity index (χ1v) is 6.67. The van der Waals surface area contributed by atoms with E-state index in [1.807, 2.05) is 0 Å². The van der Waals surface area contributed by atoms with Crippen LogP contribution in [0.3, 0.4) is 0 Å². The van der Waals surface area contributed by atoms with Crippen LogP contribution in [-0.4, -0.2) is 23.4 Å². The van der Waals surface area contributed by atoms with E-state index in [1.165, 1.54) is 12.1 Å². The second-order valence-corrected chi connectivity index (χ2v) is 4.69. The molecule has 13 heteroatoms. The van der Waals surface area contributed by atoms with Crippen LogP contribution in [0, 0.1) is 31.6 Å². The Hall–Kier alpha value is -3.19. The molecule has 0 aliphatic heterocycles. The summed E-state index contributed by atoms with van der Waals surface area (Å²) in [6.45, 7) is 0. The first-order chi connectivity index (χ1) is 10.7. The predicted molar refractivity (Wildman–Crippen MR) is 74.0 cm³/mol. The van der Waals surface area contributed by atoms with E-state index in [0.29, 0.717) is 0 Å². The van der Waals surface area contributed by atoms with Crippen LogP contribution in [0.5, 0.6) is 5.75 Å². The van der Waals surface area contributed by atoms with Gasteiger partial charge in [0, 0.05) is 11.5 Å². The van der Waals surface area contributed by atoms with Crippen molar-refractivity contribution in [2.45, 2.75) is 0 Å². The summed E-state index contributed by atoms with van der Waals surface area (Å²) in [6.07, 6.45) is 0. The molecule has 2 aromatic rings. The minimum atomic E-state index is -2.82. The van der Waals surface area contributed by atoms with Crippen molar-refractivity contribution >= 4 is 39.2 Å². The molecule has 120 valence electrons. The van der Waals surface area contributed by atoms with E-state index in [1.54, 1.807) is 0 Å². The van der Waals surface area contributed by atoms with Crippen molar-refractivity contribution < 1.29 is 27.6 Å². The number of benzene rings is 2. The molecule has 0 radical (unpaired) electrons. The number of nitro groups is 1. The van der Waals surface area contributed by atoms with E-state index in [9.17, 15) is 24.7 Å². The molecule has 0 fully saturated rings. The Bertz CT molecular complexity index is 884. The van der Waals surface area contributed by atoms with Gasteiger partial charge in [0.15, 0.2) is 5.75 Å². The number of rotatable bonds is 5. The number of non-ortho nitro benzene ring substituents is 1. The van der Waals surface area contributed by atoms with Gasteiger partial charge in [-0.05, 0) is 22.0 Å². The van der Waals surface area contributed by atoms with Crippen LogP contribution in [-0.2, 0) is 11.4 Å². The molecule has 3 N–H and O–H groups in total. The summed E-state index contributed by atoms with van der Waals surface area (Å²) >= 11 is -2.82. The molecule has 23 heavy (non-hydrogen) atoms. The zero-order valence-corrected chi connectivity index (χ0v) is 11.8. The Balaban J connectivity index is 3.07. The van der Waals surface area contributed by atoms with Crippen LogP contribution >= 0.6 is 0 Å². The van der Waals surface area contributed by atoms with Gasteiger partial charge in [0.1, 0.15) is 5.39 Å². The zero-order chi connectivity index (χ0) is 17.3. The third kappa shape index (κ3) is 2.90. The van der Waals surface area contributed by atoms with Crippen molar-refractivity contribution in [3.05, 3.63) is 44.8 Å². The van der Waals surface area contributed by atoms with Crippen molar-refractivity contribution in [1.29, 1.82) is 11.1 Å². The molecular formula is C10H7N5O7S. The molecule has 12 nitrogen and oxygen atoms in total. The molecule has 0 bridgehead atoms. The third-order valence-corrected chi connectivity index (χ3v) is 3.16. The van der Waals surface area contributed by atoms with Crippen LogP contribution in [0.4, 0.5) is 17.1 Å². The standard InChI is InChI=1S/C10H7N5O7S/c11-13(16)7-4-8(22-23(20)21)5-2-1-3-6(15(18)19)9(5)10(7)14(12)17/h1-4,11-12H,(H,20,21). The Morgan fingerprint density at radius 2 is 1.78 bits per heavy atom. The topological polar surface area (TPSA) is 190 Å². The van der Waals surface area contributed by atoms with Gasteiger partial charge in [-0.1, -0.05) is 10.9 Å². The maximum atomic E-state index is 11.5. The van der Waals surface area contributed by atoms with Gasteiger partial charge in [-0.2, -0.15) is 4.21 Å². The number of nitrogens with zero attached hydrogens (tertiary/aromatic N) is 3. The first kappa shape index (κ1) is 16.2. The molecule has 0 aliphatic rings. The van der Waals surface area contributed by atoms with Crippen LogP contribution in [0.15, 0.2) is 24.3 Å². The summed E-state index contributed by atoms with van der Waals surface area (Å²) in [5.41, 5.74) is 12.0. The number of fused-ring (bicyclic) bond motifs is 1. The lowest BCUT2D eigenvalue weighted by molar-refractivity contribution is -0.499. The van der Waals surface area contributed by atoms with Gasteiger partial charge in [0.25, 0.3) is 5.69 Å². The van der Waals surface area contributed by atoms with Gasteiger partial charge in [0.2, 0.25) is 0 Å². The summed E-state index contributed by atoms with van der Waals surface area (Å²) in [5.74, 6) is -0.432. The van der Waals surface area contributed by atoms with Crippen molar-refractivity contribution in [3.8, 4) is 5.75 Å². The summed E-state index contributed by atoms with van der Waals surface area (Å²) in [7, 11) is 0. The highest BCUT2D eigenvalue weighted by atomic mass is 32.2. The largest absolute Gasteiger partial charge is 0.594 e.